The van der Waals surface area contributed by atoms with Crippen LogP contribution in [0.25, 0.3) is 0 Å². The summed E-state index contributed by atoms with van der Waals surface area (Å²) in [4.78, 5) is 23.2. The second-order valence-corrected chi connectivity index (χ2v) is 3.65. The van der Waals surface area contributed by atoms with Gasteiger partial charge in [-0.25, -0.2) is 4.79 Å². The number of aliphatic carboxylic acids is 1. The lowest BCUT2D eigenvalue weighted by molar-refractivity contribution is -0.137. The van der Waals surface area contributed by atoms with Crippen molar-refractivity contribution >= 4 is 12.0 Å². The summed E-state index contributed by atoms with van der Waals surface area (Å²) >= 11 is 0. The normalized spacial score (nSPS) is 9.76. The summed E-state index contributed by atoms with van der Waals surface area (Å²) in [6.07, 6.45) is 0. The Morgan fingerprint density at radius 1 is 1.47 bits per heavy atom. The molecular weight excluding hydrogens is 224 g/mol. The molecule has 2 amide bonds. The van der Waals surface area contributed by atoms with Crippen LogP contribution in [0.2, 0.25) is 0 Å². The number of hydrogen-bond acceptors (Lipinski definition) is 3. The third-order valence-corrected chi connectivity index (χ3v) is 1.87. The Kier molecular flexibility index (Phi) is 7.79. The summed E-state index contributed by atoms with van der Waals surface area (Å²) in [7, 11) is 0. The number of hydrogen-bond donors (Lipinski definition) is 2. The quantitative estimate of drug-likeness (QED) is 0.486. The highest BCUT2D eigenvalue weighted by Gasteiger charge is 2.13. The zero-order chi connectivity index (χ0) is 13.3. The first-order valence-electron chi connectivity index (χ1n) is 5.44. The molecular formula is C11H20N2O4. The summed E-state index contributed by atoms with van der Waals surface area (Å²) in [5.74, 6) is -1.03. The smallest absolute Gasteiger partial charge is 0.323 e. The highest BCUT2D eigenvalue weighted by atomic mass is 16.5. The average molecular weight is 244 g/mol. The number of carboxylic acid groups (broad SMARTS) is 1. The highest BCUT2D eigenvalue weighted by Crippen LogP contribution is 1.90. The van der Waals surface area contributed by atoms with Crippen molar-refractivity contribution < 1.29 is 19.4 Å². The van der Waals surface area contributed by atoms with Crippen molar-refractivity contribution in [2.75, 3.05) is 32.8 Å². The average Bonchev–Trinajstić information content (AvgIpc) is 2.24. The molecule has 6 nitrogen and oxygen atoms in total. The molecule has 6 heteroatoms. The fraction of sp³-hybridized carbons (Fsp3) is 0.636. The minimum atomic E-state index is -1.03. The Morgan fingerprint density at radius 3 is 2.59 bits per heavy atom. The Balaban J connectivity index is 3.75. The number of carbonyl (C=O) groups excluding carboxylic acids is 1. The van der Waals surface area contributed by atoms with Crippen molar-refractivity contribution in [3.05, 3.63) is 12.2 Å². The van der Waals surface area contributed by atoms with Gasteiger partial charge in [-0.1, -0.05) is 12.2 Å². The van der Waals surface area contributed by atoms with E-state index in [9.17, 15) is 9.59 Å². The van der Waals surface area contributed by atoms with Crippen LogP contribution in [-0.2, 0) is 9.53 Å². The molecule has 2 N–H and O–H groups in total. The minimum Gasteiger partial charge on any atom is -0.480 e. The zero-order valence-corrected chi connectivity index (χ0v) is 10.4. The van der Waals surface area contributed by atoms with Gasteiger partial charge >= 0.3 is 12.0 Å². The Morgan fingerprint density at radius 2 is 2.12 bits per heavy atom. The van der Waals surface area contributed by atoms with Crippen LogP contribution < -0.4 is 5.32 Å². The topological polar surface area (TPSA) is 78.9 Å². The maximum absolute atomic E-state index is 11.5. The van der Waals surface area contributed by atoms with Crippen LogP contribution >= 0.6 is 0 Å². The predicted octanol–water partition coefficient (Wildman–Crippen LogP) is 0.695. The number of amides is 2. The van der Waals surface area contributed by atoms with Gasteiger partial charge in [0.2, 0.25) is 0 Å². The number of ether oxygens (including phenoxy) is 1. The van der Waals surface area contributed by atoms with Crippen molar-refractivity contribution in [3.63, 3.8) is 0 Å². The zero-order valence-electron chi connectivity index (χ0n) is 10.4. The lowest BCUT2D eigenvalue weighted by Gasteiger charge is -2.19. The number of carbonyl (C=O) groups is 2. The van der Waals surface area contributed by atoms with Crippen LogP contribution in [0, 0.1) is 0 Å². The van der Waals surface area contributed by atoms with Gasteiger partial charge in [0.1, 0.15) is 6.54 Å². The Labute approximate surface area is 101 Å². The van der Waals surface area contributed by atoms with Crippen LogP contribution in [0.4, 0.5) is 4.79 Å². The fourth-order valence-corrected chi connectivity index (χ4v) is 1.08. The van der Waals surface area contributed by atoms with Crippen molar-refractivity contribution in [2.45, 2.75) is 13.8 Å². The van der Waals surface area contributed by atoms with Crippen molar-refractivity contribution in [1.29, 1.82) is 0 Å². The van der Waals surface area contributed by atoms with Gasteiger partial charge in [0, 0.05) is 13.1 Å². The molecule has 0 rings (SSSR count). The molecule has 0 heterocycles. The van der Waals surface area contributed by atoms with Gasteiger partial charge in [-0.15, -0.1) is 0 Å². The third-order valence-electron chi connectivity index (χ3n) is 1.87. The second kappa shape index (κ2) is 8.58. The van der Waals surface area contributed by atoms with E-state index in [0.717, 1.165) is 5.57 Å². The van der Waals surface area contributed by atoms with E-state index >= 15 is 0 Å². The van der Waals surface area contributed by atoms with Crippen molar-refractivity contribution in [1.82, 2.24) is 10.2 Å². The number of nitrogens with zero attached hydrogens (tertiary/aromatic N) is 1. The summed E-state index contributed by atoms with van der Waals surface area (Å²) in [5, 5.41) is 11.2. The molecule has 0 saturated carbocycles. The second-order valence-electron chi connectivity index (χ2n) is 3.65. The fourth-order valence-electron chi connectivity index (χ4n) is 1.08. The summed E-state index contributed by atoms with van der Waals surface area (Å²) < 4.78 is 5.19. The number of urea groups is 1. The number of rotatable bonds is 8. The van der Waals surface area contributed by atoms with E-state index < -0.39 is 12.0 Å². The van der Waals surface area contributed by atoms with Gasteiger partial charge in [0.05, 0.1) is 13.2 Å². The maximum Gasteiger partial charge on any atom is 0.323 e. The first-order valence-corrected chi connectivity index (χ1v) is 5.44. The van der Waals surface area contributed by atoms with E-state index in [1.807, 2.05) is 6.92 Å². The predicted molar refractivity (Wildman–Crippen MR) is 63.9 cm³/mol. The number of nitrogens with one attached hydrogen (secondary N) is 1. The first-order chi connectivity index (χ1) is 7.97. The molecule has 17 heavy (non-hydrogen) atoms. The monoisotopic (exact) mass is 244 g/mol. The van der Waals surface area contributed by atoms with E-state index in [4.69, 9.17) is 9.84 Å². The lowest BCUT2D eigenvalue weighted by Crippen LogP contribution is -2.43. The van der Waals surface area contributed by atoms with Gasteiger partial charge in [0.25, 0.3) is 0 Å². The molecule has 0 aliphatic carbocycles. The Hall–Kier alpha value is -1.56. The van der Waals surface area contributed by atoms with Gasteiger partial charge in [-0.3, -0.25) is 4.79 Å². The third kappa shape index (κ3) is 8.27. The van der Waals surface area contributed by atoms with Crippen LogP contribution in [0.1, 0.15) is 13.8 Å². The summed E-state index contributed by atoms with van der Waals surface area (Å²) in [6, 6.07) is -0.395. The molecule has 0 unspecified atom stereocenters. The Bertz CT molecular complexity index is 279. The van der Waals surface area contributed by atoms with Gasteiger partial charge in [-0.2, -0.15) is 0 Å². The SMILES string of the molecule is C=C(C)COCCNC(=O)N(CC)CC(=O)O. The highest BCUT2D eigenvalue weighted by molar-refractivity contribution is 5.79. The summed E-state index contributed by atoms with van der Waals surface area (Å²) in [6.45, 7) is 8.49. The first kappa shape index (κ1) is 15.4. The lowest BCUT2D eigenvalue weighted by atomic mass is 10.4. The number of carboxylic acids is 1. The molecule has 0 radical (unpaired) electrons. The van der Waals surface area contributed by atoms with Gasteiger partial charge in [0.15, 0.2) is 0 Å². The van der Waals surface area contributed by atoms with Gasteiger partial charge in [-0.05, 0) is 13.8 Å². The molecule has 0 aromatic heterocycles. The van der Waals surface area contributed by atoms with E-state index in [1.54, 1.807) is 6.92 Å². The maximum atomic E-state index is 11.5. The summed E-state index contributed by atoms with van der Waals surface area (Å²) in [5.41, 5.74) is 0.914. The molecule has 0 spiro atoms. The molecule has 0 aliphatic heterocycles. The van der Waals surface area contributed by atoms with E-state index in [1.165, 1.54) is 4.90 Å². The van der Waals surface area contributed by atoms with Crippen molar-refractivity contribution in [2.24, 2.45) is 0 Å². The molecule has 0 atom stereocenters. The van der Waals surface area contributed by atoms with E-state index in [2.05, 4.69) is 11.9 Å². The van der Waals surface area contributed by atoms with Crippen LogP contribution in [0.5, 0.6) is 0 Å². The minimum absolute atomic E-state index is 0.297. The largest absolute Gasteiger partial charge is 0.480 e. The van der Waals surface area contributed by atoms with E-state index in [-0.39, 0.29) is 6.54 Å². The van der Waals surface area contributed by atoms with Gasteiger partial charge < -0.3 is 20.1 Å². The van der Waals surface area contributed by atoms with E-state index in [0.29, 0.717) is 26.3 Å². The molecule has 0 saturated heterocycles. The number of likely N-dealkylation sites (N-methyl/N-ethyl adjacent to an activating group) is 1. The molecule has 0 aromatic rings. The molecule has 0 aliphatic rings. The molecule has 0 fully saturated rings. The molecule has 0 bridgehead atoms. The van der Waals surface area contributed by atoms with Crippen LogP contribution in [-0.4, -0.2) is 54.9 Å². The van der Waals surface area contributed by atoms with Crippen LogP contribution in [0.3, 0.4) is 0 Å². The molecule has 0 aromatic carbocycles. The standard InChI is InChI=1S/C11H20N2O4/c1-4-13(7-10(14)15)11(16)12-5-6-17-8-9(2)3/h2,4-8H2,1,3H3,(H,12,16)(H,14,15). The van der Waals surface area contributed by atoms with Crippen molar-refractivity contribution in [3.8, 4) is 0 Å². The molecule has 98 valence electrons. The van der Waals surface area contributed by atoms with Crippen LogP contribution in [0.15, 0.2) is 12.2 Å².